The van der Waals surface area contributed by atoms with Gasteiger partial charge in [0.2, 0.25) is 0 Å². The van der Waals surface area contributed by atoms with E-state index in [9.17, 15) is 0 Å². The van der Waals surface area contributed by atoms with Gasteiger partial charge in [-0.25, -0.2) is 9.97 Å². The first-order valence-corrected chi connectivity index (χ1v) is 7.62. The summed E-state index contributed by atoms with van der Waals surface area (Å²) in [5.74, 6) is 0.719. The van der Waals surface area contributed by atoms with Gasteiger partial charge in [-0.3, -0.25) is 4.90 Å². The summed E-state index contributed by atoms with van der Waals surface area (Å²) in [6.07, 6.45) is 1.88. The number of nitrogens with zero attached hydrogens (tertiary/aromatic N) is 3. The molecule has 20 heavy (non-hydrogen) atoms. The predicted octanol–water partition coefficient (Wildman–Crippen LogP) is 1.99. The third-order valence-electron chi connectivity index (χ3n) is 3.77. The van der Waals surface area contributed by atoms with Crippen molar-refractivity contribution in [2.45, 2.75) is 32.5 Å². The molecule has 1 atom stereocenters. The monoisotopic (exact) mass is 297 g/mol. The highest BCUT2D eigenvalue weighted by Crippen LogP contribution is 2.26. The topological polar surface area (TPSA) is 47.5 Å². The summed E-state index contributed by atoms with van der Waals surface area (Å²) in [6.45, 7) is 7.06. The fourth-order valence-corrected chi connectivity index (χ4v) is 2.98. The van der Waals surface area contributed by atoms with Gasteiger partial charge in [0.1, 0.15) is 11.3 Å². The summed E-state index contributed by atoms with van der Waals surface area (Å²) >= 11 is 6.26. The minimum Gasteiger partial charge on any atom is -0.376 e. The molecule has 0 saturated carbocycles. The van der Waals surface area contributed by atoms with Crippen molar-refractivity contribution in [3.63, 3.8) is 0 Å². The fraction of sp³-hybridized carbons (Fsp3) is 0.714. The number of halogens is 1. The Morgan fingerprint density at radius 1 is 1.35 bits per heavy atom. The predicted molar refractivity (Wildman–Crippen MR) is 75.8 cm³/mol. The molecule has 3 rings (SSSR count). The van der Waals surface area contributed by atoms with Crippen molar-refractivity contribution in [3.8, 4) is 0 Å². The van der Waals surface area contributed by atoms with Crippen LogP contribution in [0.4, 0.5) is 0 Å². The minimum absolute atomic E-state index is 0.0686. The summed E-state index contributed by atoms with van der Waals surface area (Å²) in [7, 11) is 0. The molecule has 6 heteroatoms. The van der Waals surface area contributed by atoms with Crippen LogP contribution < -0.4 is 0 Å². The Kier molecular flexibility index (Phi) is 4.51. The Morgan fingerprint density at radius 2 is 2.25 bits per heavy atom. The van der Waals surface area contributed by atoms with Crippen LogP contribution in [0.3, 0.4) is 0 Å². The molecule has 3 heterocycles. The van der Waals surface area contributed by atoms with Gasteiger partial charge in [0, 0.05) is 25.1 Å². The fourth-order valence-electron chi connectivity index (χ4n) is 2.73. The van der Waals surface area contributed by atoms with Gasteiger partial charge in [-0.15, -0.1) is 0 Å². The summed E-state index contributed by atoms with van der Waals surface area (Å²) in [4.78, 5) is 11.5. The molecule has 1 fully saturated rings. The van der Waals surface area contributed by atoms with E-state index in [4.69, 9.17) is 21.1 Å². The average Bonchev–Trinajstić information content (AvgIpc) is 2.48. The average molecular weight is 298 g/mol. The Labute approximate surface area is 124 Å². The lowest BCUT2D eigenvalue weighted by Crippen LogP contribution is -2.39. The zero-order valence-electron chi connectivity index (χ0n) is 11.8. The highest BCUT2D eigenvalue weighted by Gasteiger charge is 2.26. The van der Waals surface area contributed by atoms with E-state index in [1.165, 1.54) is 0 Å². The Morgan fingerprint density at radius 3 is 3.10 bits per heavy atom. The van der Waals surface area contributed by atoms with Crippen LogP contribution in [0, 0.1) is 0 Å². The Balaban J connectivity index is 1.81. The van der Waals surface area contributed by atoms with E-state index < -0.39 is 0 Å². The maximum absolute atomic E-state index is 6.26. The van der Waals surface area contributed by atoms with E-state index in [-0.39, 0.29) is 6.10 Å². The van der Waals surface area contributed by atoms with E-state index in [1.54, 1.807) is 0 Å². The van der Waals surface area contributed by atoms with Gasteiger partial charge in [-0.05, 0) is 13.0 Å². The standard InChI is InChI=1S/C14H20ClN3O2/c1-2-4-18-5-7-20-12(8-18)14-16-11-3-6-19-9-10(11)13(15)17-14/h12H,2-9H2,1H3. The van der Waals surface area contributed by atoms with Crippen LogP contribution in [-0.4, -0.2) is 47.7 Å². The molecule has 1 aromatic heterocycles. The lowest BCUT2D eigenvalue weighted by Gasteiger charge is -2.32. The molecule has 0 N–H and O–H groups in total. The number of morpholine rings is 1. The van der Waals surface area contributed by atoms with E-state index >= 15 is 0 Å². The van der Waals surface area contributed by atoms with Crippen molar-refractivity contribution in [2.75, 3.05) is 32.8 Å². The van der Waals surface area contributed by atoms with E-state index in [2.05, 4.69) is 21.8 Å². The summed E-state index contributed by atoms with van der Waals surface area (Å²) < 4.78 is 11.2. The lowest BCUT2D eigenvalue weighted by atomic mass is 10.1. The van der Waals surface area contributed by atoms with Crippen molar-refractivity contribution in [1.29, 1.82) is 0 Å². The maximum atomic E-state index is 6.26. The molecule has 2 aliphatic heterocycles. The molecular formula is C14H20ClN3O2. The SMILES string of the molecule is CCCN1CCOC(c2nc(Cl)c3c(n2)CCOC3)C1. The zero-order valence-corrected chi connectivity index (χ0v) is 12.5. The molecule has 1 unspecified atom stereocenters. The third-order valence-corrected chi connectivity index (χ3v) is 4.08. The van der Waals surface area contributed by atoms with Crippen LogP contribution in [0.25, 0.3) is 0 Å². The third kappa shape index (κ3) is 2.96. The van der Waals surface area contributed by atoms with Crippen LogP contribution in [0.5, 0.6) is 0 Å². The van der Waals surface area contributed by atoms with Gasteiger partial charge < -0.3 is 9.47 Å². The molecule has 110 valence electrons. The smallest absolute Gasteiger partial charge is 0.160 e. The normalized spacial score (nSPS) is 23.6. The molecule has 0 bridgehead atoms. The number of ether oxygens (including phenoxy) is 2. The van der Waals surface area contributed by atoms with E-state index in [0.717, 1.165) is 56.2 Å². The largest absolute Gasteiger partial charge is 0.376 e. The van der Waals surface area contributed by atoms with Crippen LogP contribution in [-0.2, 0) is 22.5 Å². The van der Waals surface area contributed by atoms with Crippen LogP contribution in [0.1, 0.15) is 36.5 Å². The number of hydrogen-bond acceptors (Lipinski definition) is 5. The Bertz CT molecular complexity index is 482. The highest BCUT2D eigenvalue weighted by atomic mass is 35.5. The van der Waals surface area contributed by atoms with Gasteiger partial charge in [0.15, 0.2) is 5.82 Å². The Hall–Kier alpha value is -0.750. The molecule has 0 spiro atoms. The van der Waals surface area contributed by atoms with Gasteiger partial charge in [-0.2, -0.15) is 0 Å². The first-order chi connectivity index (χ1) is 9.78. The van der Waals surface area contributed by atoms with E-state index in [0.29, 0.717) is 18.4 Å². The summed E-state index contributed by atoms with van der Waals surface area (Å²) in [5, 5.41) is 0.515. The number of hydrogen-bond donors (Lipinski definition) is 0. The molecule has 1 saturated heterocycles. The number of fused-ring (bicyclic) bond motifs is 1. The van der Waals surface area contributed by atoms with Crippen LogP contribution in [0.2, 0.25) is 5.15 Å². The maximum Gasteiger partial charge on any atom is 0.160 e. The van der Waals surface area contributed by atoms with Gasteiger partial charge in [0.25, 0.3) is 0 Å². The van der Waals surface area contributed by atoms with Crippen molar-refractivity contribution < 1.29 is 9.47 Å². The van der Waals surface area contributed by atoms with E-state index in [1.807, 2.05) is 0 Å². The second-order valence-electron chi connectivity index (χ2n) is 5.26. The highest BCUT2D eigenvalue weighted by molar-refractivity contribution is 6.30. The van der Waals surface area contributed by atoms with Crippen molar-refractivity contribution in [1.82, 2.24) is 14.9 Å². The molecule has 0 amide bonds. The molecule has 0 aromatic carbocycles. The number of rotatable bonds is 3. The van der Waals surface area contributed by atoms with Gasteiger partial charge in [0.05, 0.1) is 25.5 Å². The van der Waals surface area contributed by atoms with Gasteiger partial charge in [-0.1, -0.05) is 18.5 Å². The first kappa shape index (κ1) is 14.2. The lowest BCUT2D eigenvalue weighted by molar-refractivity contribution is -0.0344. The quantitative estimate of drug-likeness (QED) is 0.799. The van der Waals surface area contributed by atoms with Gasteiger partial charge >= 0.3 is 0 Å². The van der Waals surface area contributed by atoms with Crippen LogP contribution >= 0.6 is 11.6 Å². The second-order valence-corrected chi connectivity index (χ2v) is 5.62. The van der Waals surface area contributed by atoms with Crippen molar-refractivity contribution in [2.24, 2.45) is 0 Å². The second kappa shape index (κ2) is 6.35. The number of aromatic nitrogens is 2. The summed E-state index contributed by atoms with van der Waals surface area (Å²) in [5.41, 5.74) is 1.95. The molecule has 2 aliphatic rings. The molecule has 5 nitrogen and oxygen atoms in total. The first-order valence-electron chi connectivity index (χ1n) is 7.24. The summed E-state index contributed by atoms with van der Waals surface area (Å²) in [6, 6.07) is 0. The molecule has 1 aromatic rings. The molecular weight excluding hydrogens is 278 g/mol. The molecule has 0 aliphatic carbocycles. The zero-order chi connectivity index (χ0) is 13.9. The van der Waals surface area contributed by atoms with Crippen molar-refractivity contribution >= 4 is 11.6 Å². The molecule has 0 radical (unpaired) electrons. The van der Waals surface area contributed by atoms with Crippen LogP contribution in [0.15, 0.2) is 0 Å². The van der Waals surface area contributed by atoms with Crippen molar-refractivity contribution in [3.05, 3.63) is 22.2 Å². The minimum atomic E-state index is -0.0686.